The van der Waals surface area contributed by atoms with Gasteiger partial charge in [-0.2, -0.15) is 0 Å². The minimum absolute atomic E-state index is 0.165. The van der Waals surface area contributed by atoms with E-state index < -0.39 is 5.54 Å². The molecule has 2 aromatic heterocycles. The van der Waals surface area contributed by atoms with Crippen molar-refractivity contribution in [1.29, 1.82) is 0 Å². The van der Waals surface area contributed by atoms with Crippen molar-refractivity contribution in [2.45, 2.75) is 33.2 Å². The highest BCUT2D eigenvalue weighted by molar-refractivity contribution is 5.89. The smallest absolute Gasteiger partial charge is 0.224 e. The average molecular weight is 324 g/mol. The lowest BCUT2D eigenvalue weighted by Gasteiger charge is -2.28. The van der Waals surface area contributed by atoms with Crippen molar-refractivity contribution in [2.24, 2.45) is 17.8 Å². The van der Waals surface area contributed by atoms with Crippen LogP contribution >= 0.6 is 0 Å². The first-order chi connectivity index (χ1) is 11.4. The second-order valence-electron chi connectivity index (χ2n) is 7.73. The molecular formula is C19H24N4O. The molecule has 2 unspecified atom stereocenters. The first kappa shape index (κ1) is 15.5. The molecule has 0 bridgehead atoms. The summed E-state index contributed by atoms with van der Waals surface area (Å²) in [6.07, 6.45) is 1.81. The van der Waals surface area contributed by atoms with Crippen LogP contribution in [0.1, 0.15) is 30.9 Å². The molecule has 2 N–H and O–H groups in total. The molecule has 5 heteroatoms. The van der Waals surface area contributed by atoms with Crippen LogP contribution < -0.4 is 10.6 Å². The number of carbonyl (C=O) groups excluding carboxylic acids is 1. The van der Waals surface area contributed by atoms with Crippen LogP contribution in [0.2, 0.25) is 0 Å². The van der Waals surface area contributed by atoms with E-state index in [0.717, 1.165) is 40.9 Å². The van der Waals surface area contributed by atoms with Gasteiger partial charge in [-0.1, -0.05) is 0 Å². The molecule has 126 valence electrons. The zero-order valence-corrected chi connectivity index (χ0v) is 14.7. The molecule has 3 atom stereocenters. The van der Waals surface area contributed by atoms with E-state index >= 15 is 0 Å². The van der Waals surface area contributed by atoms with Crippen LogP contribution in [-0.4, -0.2) is 29.0 Å². The molecule has 1 aliphatic heterocycles. The van der Waals surface area contributed by atoms with Crippen LogP contribution in [0.4, 0.5) is 0 Å². The topological polar surface area (TPSA) is 66.9 Å². The summed E-state index contributed by atoms with van der Waals surface area (Å²) < 4.78 is 0. The third-order valence-electron chi connectivity index (χ3n) is 5.51. The van der Waals surface area contributed by atoms with Crippen molar-refractivity contribution in [3.63, 3.8) is 0 Å². The Morgan fingerprint density at radius 1 is 1.25 bits per heavy atom. The number of amides is 1. The first-order valence-corrected chi connectivity index (χ1v) is 8.64. The molecule has 0 spiro atoms. The molecule has 2 aliphatic rings. The van der Waals surface area contributed by atoms with Crippen LogP contribution in [0, 0.1) is 31.6 Å². The number of rotatable bonds is 3. The van der Waals surface area contributed by atoms with Crippen molar-refractivity contribution in [3.8, 4) is 0 Å². The van der Waals surface area contributed by atoms with Gasteiger partial charge in [0, 0.05) is 34.3 Å². The van der Waals surface area contributed by atoms with Gasteiger partial charge < -0.3 is 10.6 Å². The zero-order valence-electron chi connectivity index (χ0n) is 14.7. The van der Waals surface area contributed by atoms with E-state index in [1.165, 1.54) is 0 Å². The number of hydrogen-bond acceptors (Lipinski definition) is 4. The van der Waals surface area contributed by atoms with E-state index in [1.54, 1.807) is 0 Å². The van der Waals surface area contributed by atoms with Crippen molar-refractivity contribution >= 4 is 16.7 Å². The summed E-state index contributed by atoms with van der Waals surface area (Å²) >= 11 is 0. The Hall–Kier alpha value is -2.01. The van der Waals surface area contributed by atoms with E-state index in [0.29, 0.717) is 11.8 Å². The van der Waals surface area contributed by atoms with Crippen LogP contribution in [0.5, 0.6) is 0 Å². The highest BCUT2D eigenvalue weighted by atomic mass is 16.2. The van der Waals surface area contributed by atoms with E-state index in [-0.39, 0.29) is 11.8 Å². The Balaban J connectivity index is 1.68. The maximum atomic E-state index is 12.7. The molecule has 24 heavy (non-hydrogen) atoms. The number of aromatic nitrogens is 2. The van der Waals surface area contributed by atoms with Crippen LogP contribution in [0.25, 0.3) is 10.8 Å². The molecular weight excluding hydrogens is 300 g/mol. The van der Waals surface area contributed by atoms with Gasteiger partial charge >= 0.3 is 0 Å². The van der Waals surface area contributed by atoms with Gasteiger partial charge in [0.15, 0.2) is 0 Å². The Morgan fingerprint density at radius 3 is 2.67 bits per heavy atom. The molecule has 1 saturated heterocycles. The largest absolute Gasteiger partial charge is 0.345 e. The minimum atomic E-state index is -0.514. The van der Waals surface area contributed by atoms with Gasteiger partial charge in [-0.15, -0.1) is 0 Å². The third kappa shape index (κ3) is 2.38. The Kier molecular flexibility index (Phi) is 3.39. The fraction of sp³-hybridized carbons (Fsp3) is 0.526. The van der Waals surface area contributed by atoms with E-state index in [4.69, 9.17) is 4.98 Å². The lowest BCUT2D eigenvalue weighted by Crippen LogP contribution is -2.43. The number of nitrogens with one attached hydrogen (secondary N) is 2. The molecule has 4 rings (SSSR count). The summed E-state index contributed by atoms with van der Waals surface area (Å²) in [5, 5.41) is 8.76. The average Bonchev–Trinajstić information content (AvgIpc) is 3.01. The monoisotopic (exact) mass is 324 g/mol. The second-order valence-corrected chi connectivity index (χ2v) is 7.73. The Bertz CT molecular complexity index is 819. The summed E-state index contributed by atoms with van der Waals surface area (Å²) in [6.45, 7) is 10.0. The predicted octanol–water partition coefficient (Wildman–Crippen LogP) is 2.06. The van der Waals surface area contributed by atoms with Crippen molar-refractivity contribution in [3.05, 3.63) is 35.4 Å². The first-order valence-electron chi connectivity index (χ1n) is 8.64. The van der Waals surface area contributed by atoms with E-state index in [1.807, 2.05) is 40.0 Å². The van der Waals surface area contributed by atoms with E-state index in [9.17, 15) is 4.79 Å². The summed E-state index contributed by atoms with van der Waals surface area (Å²) in [6, 6.07) is 4.06. The number of piperidine rings is 1. The van der Waals surface area contributed by atoms with Gasteiger partial charge in [-0.3, -0.25) is 14.8 Å². The molecule has 0 aromatic carbocycles. The Labute approximate surface area is 142 Å². The lowest BCUT2D eigenvalue weighted by molar-refractivity contribution is -0.124. The maximum Gasteiger partial charge on any atom is 0.224 e. The van der Waals surface area contributed by atoms with Crippen LogP contribution in [-0.2, 0) is 10.3 Å². The second kappa shape index (κ2) is 5.24. The minimum Gasteiger partial charge on any atom is -0.345 e. The highest BCUT2D eigenvalue weighted by Crippen LogP contribution is 2.49. The standard InChI is InChI=1S/C19H24N4O/c1-10-7-13-11(2)21-6-5-12(13)17(22-10)19(3,4)23-18(24)16-14-8-20-9-15(14)16/h5-7,14-16,20H,8-9H2,1-4H3,(H,23,24)/t14-,15?,16?/m0/s1. The summed E-state index contributed by atoms with van der Waals surface area (Å²) in [7, 11) is 0. The van der Waals surface area contributed by atoms with Crippen LogP contribution in [0.3, 0.4) is 0 Å². The zero-order chi connectivity index (χ0) is 17.1. The number of pyridine rings is 2. The molecule has 1 aliphatic carbocycles. The molecule has 0 radical (unpaired) electrons. The van der Waals surface area contributed by atoms with E-state index in [2.05, 4.69) is 21.7 Å². The number of fused-ring (bicyclic) bond motifs is 2. The summed E-state index contributed by atoms with van der Waals surface area (Å²) in [5.74, 6) is 1.38. The van der Waals surface area contributed by atoms with Gasteiger partial charge in [0.1, 0.15) is 0 Å². The highest BCUT2D eigenvalue weighted by Gasteiger charge is 2.57. The molecule has 1 amide bonds. The molecule has 1 saturated carbocycles. The number of carbonyl (C=O) groups is 1. The molecule has 3 heterocycles. The normalized spacial score (nSPS) is 25.6. The molecule has 2 fully saturated rings. The maximum absolute atomic E-state index is 12.7. The SMILES string of the molecule is Cc1cc2c(C)nccc2c(C(C)(C)NC(=O)C2C3CNC[C@@H]32)n1. The number of aryl methyl sites for hydroxylation is 2. The number of nitrogens with zero attached hydrogens (tertiary/aromatic N) is 2. The van der Waals surface area contributed by atoms with Crippen molar-refractivity contribution in [2.75, 3.05) is 13.1 Å². The fourth-order valence-corrected chi connectivity index (χ4v) is 4.18. The molecule has 2 aromatic rings. The van der Waals surface area contributed by atoms with Crippen molar-refractivity contribution in [1.82, 2.24) is 20.6 Å². The van der Waals surface area contributed by atoms with Gasteiger partial charge in [0.25, 0.3) is 0 Å². The van der Waals surface area contributed by atoms with Gasteiger partial charge in [-0.25, -0.2) is 0 Å². The Morgan fingerprint density at radius 2 is 1.96 bits per heavy atom. The van der Waals surface area contributed by atoms with Gasteiger partial charge in [0.2, 0.25) is 5.91 Å². The van der Waals surface area contributed by atoms with Gasteiger partial charge in [0.05, 0.1) is 11.2 Å². The fourth-order valence-electron chi connectivity index (χ4n) is 4.18. The quantitative estimate of drug-likeness (QED) is 0.907. The van der Waals surface area contributed by atoms with Crippen molar-refractivity contribution < 1.29 is 4.79 Å². The summed E-state index contributed by atoms with van der Waals surface area (Å²) in [5.41, 5.74) is 2.34. The van der Waals surface area contributed by atoms with Crippen LogP contribution in [0.15, 0.2) is 18.3 Å². The number of hydrogen-bond donors (Lipinski definition) is 2. The molecule has 5 nitrogen and oxygen atoms in total. The summed E-state index contributed by atoms with van der Waals surface area (Å²) in [4.78, 5) is 21.9. The predicted molar refractivity (Wildman–Crippen MR) is 93.5 cm³/mol. The van der Waals surface area contributed by atoms with Gasteiger partial charge in [-0.05, 0) is 64.8 Å². The lowest BCUT2D eigenvalue weighted by atomic mass is 9.93. The third-order valence-corrected chi connectivity index (χ3v) is 5.51.